The van der Waals surface area contributed by atoms with E-state index in [1.165, 1.54) is 11.1 Å². The van der Waals surface area contributed by atoms with Crippen molar-refractivity contribution in [3.63, 3.8) is 0 Å². The first-order valence-corrected chi connectivity index (χ1v) is 11.4. The highest BCUT2D eigenvalue weighted by Gasteiger charge is 2.25. The molecule has 33 heavy (non-hydrogen) atoms. The second kappa shape index (κ2) is 9.34. The molecule has 0 saturated carbocycles. The number of nitrogens with zero attached hydrogens (tertiary/aromatic N) is 4. The lowest BCUT2D eigenvalue weighted by Crippen LogP contribution is -2.32. The minimum Gasteiger partial charge on any atom is -0.755 e. The quantitative estimate of drug-likeness (QED) is 0.491. The second-order valence-corrected chi connectivity index (χ2v) is 8.70. The Morgan fingerprint density at radius 2 is 1.97 bits per heavy atom. The van der Waals surface area contributed by atoms with E-state index in [4.69, 9.17) is 16.3 Å². The average molecular weight is 488 g/mol. The van der Waals surface area contributed by atoms with Gasteiger partial charge in [0.25, 0.3) is 5.91 Å². The maximum atomic E-state index is 13.0. The smallest absolute Gasteiger partial charge is 0.414 e. The van der Waals surface area contributed by atoms with Gasteiger partial charge in [-0.15, -0.1) is 0 Å². The van der Waals surface area contributed by atoms with Crippen LogP contribution in [0.4, 0.5) is 16.2 Å². The van der Waals surface area contributed by atoms with E-state index in [9.17, 15) is 18.4 Å². The zero-order valence-corrected chi connectivity index (χ0v) is 19.4. The van der Waals surface area contributed by atoms with Crippen LogP contribution in [0.1, 0.15) is 27.4 Å². The Bertz CT molecular complexity index is 1240. The highest BCUT2D eigenvalue weighted by atomic mass is 35.5. The third-order valence-corrected chi connectivity index (χ3v) is 6.27. The third kappa shape index (κ3) is 4.77. The van der Waals surface area contributed by atoms with Crippen LogP contribution in [0.25, 0.3) is 0 Å². The van der Waals surface area contributed by atoms with E-state index >= 15 is 0 Å². The molecule has 3 aromatic rings. The Hall–Kier alpha value is -3.21. The van der Waals surface area contributed by atoms with Crippen LogP contribution in [0.15, 0.2) is 48.7 Å². The van der Waals surface area contributed by atoms with Crippen LogP contribution in [-0.4, -0.2) is 43.5 Å². The van der Waals surface area contributed by atoms with Crippen LogP contribution in [0.2, 0.25) is 5.02 Å². The largest absolute Gasteiger partial charge is 0.755 e. The van der Waals surface area contributed by atoms with Gasteiger partial charge in [0.05, 0.1) is 30.0 Å². The fourth-order valence-electron chi connectivity index (χ4n) is 3.47. The topological polar surface area (TPSA) is 108 Å². The molecular weight excluding hydrogens is 468 g/mol. The molecule has 0 aliphatic carbocycles. The number of cyclic esters (lactones) is 1. The summed E-state index contributed by atoms with van der Waals surface area (Å²) in [5.41, 5.74) is 2.54. The fraction of sp³-hybridized carbons (Fsp3) is 0.227. The lowest BCUT2D eigenvalue weighted by atomic mass is 10.2. The molecule has 1 aliphatic heterocycles. The van der Waals surface area contributed by atoms with Gasteiger partial charge in [-0.3, -0.25) is 13.9 Å². The van der Waals surface area contributed by atoms with Gasteiger partial charge in [0.2, 0.25) is 0 Å². The van der Waals surface area contributed by atoms with Gasteiger partial charge < -0.3 is 13.9 Å². The SMILES string of the molecule is Cc1ccc(N(C(=O)c2cn(Cc3ccc(N4CCOC4=O)cc3Cl)c(C)n2)S(=O)[O-])cc1. The number of carbonyl (C=O) groups excluding carboxylic acids is 2. The van der Waals surface area contributed by atoms with Gasteiger partial charge >= 0.3 is 6.09 Å². The van der Waals surface area contributed by atoms with E-state index < -0.39 is 23.3 Å². The third-order valence-electron chi connectivity index (χ3n) is 5.25. The number of rotatable bonds is 6. The van der Waals surface area contributed by atoms with Crippen molar-refractivity contribution in [1.29, 1.82) is 0 Å². The normalized spacial score (nSPS) is 14.3. The molecule has 1 unspecified atom stereocenters. The molecule has 1 aromatic heterocycles. The Morgan fingerprint density at radius 1 is 1.24 bits per heavy atom. The molecule has 1 saturated heterocycles. The van der Waals surface area contributed by atoms with E-state index in [0.29, 0.717) is 40.5 Å². The predicted octanol–water partition coefficient (Wildman–Crippen LogP) is 3.60. The molecule has 1 atom stereocenters. The van der Waals surface area contributed by atoms with Crippen molar-refractivity contribution in [3.8, 4) is 0 Å². The minimum atomic E-state index is -2.82. The number of amides is 2. The van der Waals surface area contributed by atoms with Gasteiger partial charge in [-0.1, -0.05) is 35.4 Å². The Balaban J connectivity index is 1.57. The average Bonchev–Trinajstić information content (AvgIpc) is 3.36. The molecule has 0 radical (unpaired) electrons. The summed E-state index contributed by atoms with van der Waals surface area (Å²) in [6, 6.07) is 11.8. The molecule has 1 aliphatic rings. The first-order valence-electron chi connectivity index (χ1n) is 10.0. The molecule has 2 aromatic carbocycles. The molecule has 172 valence electrons. The number of hydrogen-bond acceptors (Lipinski definition) is 6. The van der Waals surface area contributed by atoms with Gasteiger partial charge in [-0.05, 0) is 43.7 Å². The summed E-state index contributed by atoms with van der Waals surface area (Å²) >= 11 is 3.63. The fourth-order valence-corrected chi connectivity index (χ4v) is 4.23. The standard InChI is InChI=1S/C22H21ClN4O5S/c1-14-3-6-17(7-4-14)27(33(30)31)21(28)20-13-25(15(2)24-20)12-16-5-8-18(11-19(16)23)26-9-10-32-22(26)29/h3-8,11,13H,9-10,12H2,1-2H3,(H,30,31)/p-1. The number of aryl methyl sites for hydroxylation is 2. The molecule has 0 N–H and O–H groups in total. The first-order chi connectivity index (χ1) is 15.7. The number of benzene rings is 2. The Kier molecular flexibility index (Phi) is 6.50. The zero-order chi connectivity index (χ0) is 23.7. The molecular formula is C22H20ClN4O5S-. The van der Waals surface area contributed by atoms with Crippen molar-refractivity contribution in [1.82, 2.24) is 9.55 Å². The summed E-state index contributed by atoms with van der Waals surface area (Å²) in [7, 11) is 0. The Labute approximate surface area is 198 Å². The first kappa shape index (κ1) is 23.0. The van der Waals surface area contributed by atoms with Crippen LogP contribution in [0.3, 0.4) is 0 Å². The van der Waals surface area contributed by atoms with Crippen molar-refractivity contribution < 1.29 is 23.1 Å². The molecule has 0 bridgehead atoms. The second-order valence-electron chi connectivity index (χ2n) is 7.50. The maximum absolute atomic E-state index is 13.0. The summed E-state index contributed by atoms with van der Waals surface area (Å²) < 4.78 is 30.9. The number of anilines is 2. The van der Waals surface area contributed by atoms with Gasteiger partial charge in [-0.25, -0.2) is 14.1 Å². The monoisotopic (exact) mass is 487 g/mol. The summed E-state index contributed by atoms with van der Waals surface area (Å²) in [6.07, 6.45) is 1.08. The Morgan fingerprint density at radius 3 is 2.58 bits per heavy atom. The number of carbonyl (C=O) groups is 2. The molecule has 0 spiro atoms. The van der Waals surface area contributed by atoms with Crippen molar-refractivity contribution in [2.24, 2.45) is 0 Å². The minimum absolute atomic E-state index is 0.00942. The van der Waals surface area contributed by atoms with E-state index in [-0.39, 0.29) is 11.4 Å². The highest BCUT2D eigenvalue weighted by Crippen LogP contribution is 2.27. The molecule has 11 heteroatoms. The molecule has 2 heterocycles. The lowest BCUT2D eigenvalue weighted by molar-refractivity contribution is 0.100. The van der Waals surface area contributed by atoms with E-state index in [2.05, 4.69) is 4.98 Å². The van der Waals surface area contributed by atoms with Gasteiger partial charge in [0, 0.05) is 16.9 Å². The van der Waals surface area contributed by atoms with Crippen LogP contribution >= 0.6 is 11.6 Å². The van der Waals surface area contributed by atoms with Crippen molar-refractivity contribution in [3.05, 3.63) is 76.3 Å². The zero-order valence-electron chi connectivity index (χ0n) is 17.9. The number of ether oxygens (including phenoxy) is 1. The van der Waals surface area contributed by atoms with Crippen LogP contribution in [-0.2, 0) is 22.5 Å². The number of halogens is 1. The van der Waals surface area contributed by atoms with Crippen LogP contribution < -0.4 is 9.21 Å². The van der Waals surface area contributed by atoms with Crippen molar-refractivity contribution in [2.75, 3.05) is 22.4 Å². The van der Waals surface area contributed by atoms with Gasteiger partial charge in [0.15, 0.2) is 0 Å². The predicted molar refractivity (Wildman–Crippen MR) is 123 cm³/mol. The van der Waals surface area contributed by atoms with Gasteiger partial charge in [0.1, 0.15) is 18.1 Å². The number of hydrogen-bond donors (Lipinski definition) is 0. The molecule has 4 rings (SSSR count). The molecule has 9 nitrogen and oxygen atoms in total. The van der Waals surface area contributed by atoms with Crippen LogP contribution in [0.5, 0.6) is 0 Å². The highest BCUT2D eigenvalue weighted by molar-refractivity contribution is 7.81. The molecule has 1 fully saturated rings. The number of aromatic nitrogens is 2. The van der Waals surface area contributed by atoms with E-state index in [1.807, 2.05) is 6.92 Å². The lowest BCUT2D eigenvalue weighted by Gasteiger charge is -2.23. The van der Waals surface area contributed by atoms with Gasteiger partial charge in [-0.2, -0.15) is 0 Å². The van der Waals surface area contributed by atoms with E-state index in [1.54, 1.807) is 54.0 Å². The number of imidazole rings is 1. The summed E-state index contributed by atoms with van der Waals surface area (Å²) in [6.45, 7) is 4.67. The van der Waals surface area contributed by atoms with Crippen molar-refractivity contribution in [2.45, 2.75) is 20.4 Å². The molecule has 2 amide bonds. The summed E-state index contributed by atoms with van der Waals surface area (Å²) in [4.78, 5) is 30.5. The maximum Gasteiger partial charge on any atom is 0.414 e. The summed E-state index contributed by atoms with van der Waals surface area (Å²) in [5.74, 6) is -0.245. The summed E-state index contributed by atoms with van der Waals surface area (Å²) in [5, 5.41) is 0.440. The van der Waals surface area contributed by atoms with E-state index in [0.717, 1.165) is 11.1 Å². The van der Waals surface area contributed by atoms with Crippen LogP contribution in [0, 0.1) is 13.8 Å². The van der Waals surface area contributed by atoms with Crippen molar-refractivity contribution >= 4 is 46.2 Å².